The van der Waals surface area contributed by atoms with Gasteiger partial charge in [-0.15, -0.1) is 0 Å². The molecule has 0 bridgehead atoms. The van der Waals surface area contributed by atoms with Gasteiger partial charge < -0.3 is 10.5 Å². The Morgan fingerprint density at radius 1 is 1.47 bits per heavy atom. The summed E-state index contributed by atoms with van der Waals surface area (Å²) in [7, 11) is 0. The molecule has 1 heterocycles. The van der Waals surface area contributed by atoms with Crippen LogP contribution in [-0.2, 0) is 6.54 Å². The summed E-state index contributed by atoms with van der Waals surface area (Å²) in [4.78, 5) is 4.26. The van der Waals surface area contributed by atoms with Crippen LogP contribution < -0.4 is 10.5 Å². The van der Waals surface area contributed by atoms with Crippen molar-refractivity contribution < 1.29 is 4.74 Å². The fraction of sp³-hybridized carbons (Fsp3) is 0.583. The molecular formula is C12H18N2O. The van der Waals surface area contributed by atoms with E-state index < -0.39 is 0 Å². The van der Waals surface area contributed by atoms with Crippen LogP contribution in [0.4, 0.5) is 0 Å². The first-order valence-corrected chi connectivity index (χ1v) is 5.56. The third kappa shape index (κ3) is 2.29. The summed E-state index contributed by atoms with van der Waals surface area (Å²) in [5.74, 6) is 0.712. The summed E-state index contributed by atoms with van der Waals surface area (Å²) in [6.07, 6.45) is 6.50. The summed E-state index contributed by atoms with van der Waals surface area (Å²) in [5.41, 5.74) is 6.61. The van der Waals surface area contributed by atoms with Crippen molar-refractivity contribution in [3.8, 4) is 5.88 Å². The van der Waals surface area contributed by atoms with Crippen molar-refractivity contribution in [1.29, 1.82) is 0 Å². The molecule has 1 aromatic rings. The zero-order valence-corrected chi connectivity index (χ0v) is 9.20. The number of rotatable bonds is 3. The Bertz CT molecular complexity index is 332. The lowest BCUT2D eigenvalue weighted by atomic mass is 10.1. The van der Waals surface area contributed by atoms with Gasteiger partial charge in [-0.3, -0.25) is 0 Å². The molecule has 0 aliphatic heterocycles. The molecule has 1 aliphatic carbocycles. The average Bonchev–Trinajstić information content (AvgIpc) is 2.66. The Hall–Kier alpha value is -1.09. The molecule has 0 amide bonds. The highest BCUT2D eigenvalue weighted by molar-refractivity contribution is 5.25. The zero-order chi connectivity index (χ0) is 10.7. The maximum atomic E-state index is 5.99. The van der Waals surface area contributed by atoms with Gasteiger partial charge in [0.1, 0.15) is 5.60 Å². The SMILES string of the molecule is CC1(Oc2ncccc2CN)CCCC1. The van der Waals surface area contributed by atoms with Crippen LogP contribution in [0.5, 0.6) is 5.88 Å². The molecule has 0 aromatic carbocycles. The molecular weight excluding hydrogens is 188 g/mol. The Morgan fingerprint density at radius 2 is 2.20 bits per heavy atom. The maximum Gasteiger partial charge on any atom is 0.218 e. The van der Waals surface area contributed by atoms with Gasteiger partial charge in [-0.05, 0) is 38.7 Å². The normalized spacial score (nSPS) is 19.1. The van der Waals surface area contributed by atoms with E-state index >= 15 is 0 Å². The van der Waals surface area contributed by atoms with Gasteiger partial charge >= 0.3 is 0 Å². The minimum atomic E-state index is -0.0295. The lowest BCUT2D eigenvalue weighted by Gasteiger charge is -2.25. The Kier molecular flexibility index (Phi) is 2.91. The van der Waals surface area contributed by atoms with Crippen molar-refractivity contribution in [3.63, 3.8) is 0 Å². The topological polar surface area (TPSA) is 48.1 Å². The van der Waals surface area contributed by atoms with Gasteiger partial charge in [0.15, 0.2) is 0 Å². The Morgan fingerprint density at radius 3 is 2.87 bits per heavy atom. The number of ether oxygens (including phenoxy) is 1. The fourth-order valence-corrected chi connectivity index (χ4v) is 2.13. The zero-order valence-electron chi connectivity index (χ0n) is 9.20. The summed E-state index contributed by atoms with van der Waals surface area (Å²) >= 11 is 0. The molecule has 3 heteroatoms. The van der Waals surface area contributed by atoms with Gasteiger partial charge in [-0.1, -0.05) is 6.07 Å². The molecule has 0 spiro atoms. The molecule has 82 valence electrons. The molecule has 1 aromatic heterocycles. The Labute approximate surface area is 90.7 Å². The summed E-state index contributed by atoms with van der Waals surface area (Å²) in [5, 5.41) is 0. The van der Waals surface area contributed by atoms with E-state index in [4.69, 9.17) is 10.5 Å². The largest absolute Gasteiger partial charge is 0.471 e. The molecule has 1 saturated carbocycles. The summed E-state index contributed by atoms with van der Waals surface area (Å²) in [6.45, 7) is 2.65. The summed E-state index contributed by atoms with van der Waals surface area (Å²) < 4.78 is 5.99. The van der Waals surface area contributed by atoms with E-state index in [-0.39, 0.29) is 5.60 Å². The number of pyridine rings is 1. The third-order valence-electron chi connectivity index (χ3n) is 3.07. The highest BCUT2D eigenvalue weighted by atomic mass is 16.5. The van der Waals surface area contributed by atoms with Gasteiger partial charge in [0, 0.05) is 18.3 Å². The maximum absolute atomic E-state index is 5.99. The predicted molar refractivity (Wildman–Crippen MR) is 59.6 cm³/mol. The summed E-state index contributed by atoms with van der Waals surface area (Å²) in [6, 6.07) is 3.87. The molecule has 2 N–H and O–H groups in total. The third-order valence-corrected chi connectivity index (χ3v) is 3.07. The van der Waals surface area contributed by atoms with Crippen LogP contribution in [0.1, 0.15) is 38.2 Å². The lowest BCUT2D eigenvalue weighted by molar-refractivity contribution is 0.0895. The number of hydrogen-bond acceptors (Lipinski definition) is 3. The van der Waals surface area contributed by atoms with Gasteiger partial charge in [0.2, 0.25) is 5.88 Å². The van der Waals surface area contributed by atoms with Gasteiger partial charge in [-0.25, -0.2) is 4.98 Å². The predicted octanol–water partition coefficient (Wildman–Crippen LogP) is 2.25. The van der Waals surface area contributed by atoms with E-state index in [0.717, 1.165) is 18.4 Å². The lowest BCUT2D eigenvalue weighted by Crippen LogP contribution is -2.29. The second kappa shape index (κ2) is 4.19. The van der Waals surface area contributed by atoms with Crippen molar-refractivity contribution >= 4 is 0 Å². The molecule has 1 fully saturated rings. The molecule has 15 heavy (non-hydrogen) atoms. The molecule has 1 aliphatic rings. The van der Waals surface area contributed by atoms with Crippen LogP contribution in [-0.4, -0.2) is 10.6 Å². The molecule has 3 nitrogen and oxygen atoms in total. The van der Waals surface area contributed by atoms with Crippen LogP contribution in [0.15, 0.2) is 18.3 Å². The first-order chi connectivity index (χ1) is 7.23. The fourth-order valence-electron chi connectivity index (χ4n) is 2.13. The second-order valence-corrected chi connectivity index (χ2v) is 4.43. The van der Waals surface area contributed by atoms with E-state index in [1.807, 2.05) is 12.1 Å². The van der Waals surface area contributed by atoms with Crippen LogP contribution in [0, 0.1) is 0 Å². The molecule has 0 unspecified atom stereocenters. The van der Waals surface area contributed by atoms with Gasteiger partial charge in [0.05, 0.1) is 0 Å². The monoisotopic (exact) mass is 206 g/mol. The molecule has 0 atom stereocenters. The van der Waals surface area contributed by atoms with Crippen molar-refractivity contribution in [3.05, 3.63) is 23.9 Å². The van der Waals surface area contributed by atoms with E-state index in [9.17, 15) is 0 Å². The number of hydrogen-bond donors (Lipinski definition) is 1. The molecule has 0 saturated heterocycles. The minimum absolute atomic E-state index is 0.0295. The minimum Gasteiger partial charge on any atom is -0.471 e. The van der Waals surface area contributed by atoms with Crippen molar-refractivity contribution in [2.45, 2.75) is 44.8 Å². The van der Waals surface area contributed by atoms with Crippen LogP contribution in [0.25, 0.3) is 0 Å². The van der Waals surface area contributed by atoms with E-state index in [1.165, 1.54) is 12.8 Å². The molecule has 0 radical (unpaired) electrons. The van der Waals surface area contributed by atoms with Crippen LogP contribution in [0.3, 0.4) is 0 Å². The van der Waals surface area contributed by atoms with Crippen LogP contribution in [0.2, 0.25) is 0 Å². The van der Waals surface area contributed by atoms with Gasteiger partial charge in [-0.2, -0.15) is 0 Å². The molecule has 2 rings (SSSR count). The first-order valence-electron chi connectivity index (χ1n) is 5.56. The van der Waals surface area contributed by atoms with Crippen LogP contribution >= 0.6 is 0 Å². The highest BCUT2D eigenvalue weighted by Crippen LogP contribution is 2.34. The Balaban J connectivity index is 2.16. The number of nitrogens with zero attached hydrogens (tertiary/aromatic N) is 1. The second-order valence-electron chi connectivity index (χ2n) is 4.43. The first kappa shape index (κ1) is 10.4. The van der Waals surface area contributed by atoms with Gasteiger partial charge in [0.25, 0.3) is 0 Å². The standard InChI is InChI=1S/C12H18N2O/c1-12(6-2-3-7-12)15-11-10(9-13)5-4-8-14-11/h4-5,8H,2-3,6-7,9,13H2,1H3. The average molecular weight is 206 g/mol. The van der Waals surface area contributed by atoms with E-state index in [0.29, 0.717) is 12.4 Å². The van der Waals surface area contributed by atoms with Crippen molar-refractivity contribution in [1.82, 2.24) is 4.98 Å². The quantitative estimate of drug-likeness (QED) is 0.825. The van der Waals surface area contributed by atoms with Crippen molar-refractivity contribution in [2.24, 2.45) is 5.73 Å². The highest BCUT2D eigenvalue weighted by Gasteiger charge is 2.31. The van der Waals surface area contributed by atoms with Crippen molar-refractivity contribution in [2.75, 3.05) is 0 Å². The number of nitrogens with two attached hydrogens (primary N) is 1. The number of aromatic nitrogens is 1. The van der Waals surface area contributed by atoms with E-state index in [1.54, 1.807) is 6.20 Å². The smallest absolute Gasteiger partial charge is 0.218 e. The van der Waals surface area contributed by atoms with E-state index in [2.05, 4.69) is 11.9 Å².